The standard InChI is InChI=1S/C30H46N4O6/c1-5-10-32-11-6-8-29(4)23(26(32)36)24-27(37)34(22(20-35)19-21(2)3)25-28(38)33(12-7-9-30(24,25)40-29)14-13-31-15-17-39-18-16-31/h6-9,21-25,35H,5,10-20H2,1-4H3/t22-,23-,24+,25?,29+,30+/m1/s1. The van der Waals surface area contributed by atoms with Gasteiger partial charge in [0.2, 0.25) is 17.7 Å². The summed E-state index contributed by atoms with van der Waals surface area (Å²) < 4.78 is 12.4. The topological polar surface area (TPSA) is 103 Å². The molecule has 1 spiro atoms. The van der Waals surface area contributed by atoms with Crippen molar-refractivity contribution in [3.63, 3.8) is 0 Å². The summed E-state index contributed by atoms with van der Waals surface area (Å²) in [7, 11) is 0. The highest BCUT2D eigenvalue weighted by atomic mass is 16.5. The summed E-state index contributed by atoms with van der Waals surface area (Å²) in [5.74, 6) is -1.97. The quantitative estimate of drug-likeness (QED) is 0.420. The largest absolute Gasteiger partial charge is 0.394 e. The van der Waals surface area contributed by atoms with Gasteiger partial charge >= 0.3 is 0 Å². The van der Waals surface area contributed by atoms with Crippen molar-refractivity contribution in [3.8, 4) is 0 Å². The lowest BCUT2D eigenvalue weighted by Gasteiger charge is -2.40. The molecule has 0 bridgehead atoms. The van der Waals surface area contributed by atoms with Crippen molar-refractivity contribution < 1.29 is 29.0 Å². The van der Waals surface area contributed by atoms with Gasteiger partial charge in [0.25, 0.3) is 0 Å². The van der Waals surface area contributed by atoms with Crippen molar-refractivity contribution in [1.82, 2.24) is 19.6 Å². The lowest BCUT2D eigenvalue weighted by molar-refractivity contribution is -0.156. The van der Waals surface area contributed by atoms with Gasteiger partial charge in [-0.25, -0.2) is 0 Å². The monoisotopic (exact) mass is 558 g/mol. The van der Waals surface area contributed by atoms with Gasteiger partial charge in [0.05, 0.1) is 43.3 Å². The molecule has 6 atom stereocenters. The molecule has 1 unspecified atom stereocenters. The SMILES string of the molecule is CCCN1CC=C[C@]2(C)O[C@]34C=CCN(CCN5CCOCC5)C(=O)C3N([C@@H](CO)CC(C)C)C(=O)[C@@H]4[C@@H]2C1=O. The molecule has 3 saturated heterocycles. The molecule has 3 fully saturated rings. The minimum absolute atomic E-state index is 0.108. The molecule has 0 aromatic carbocycles. The number of amides is 3. The fourth-order valence-electron chi connectivity index (χ4n) is 7.53. The Kier molecular flexibility index (Phi) is 8.44. The van der Waals surface area contributed by atoms with Gasteiger partial charge in [0.15, 0.2) is 0 Å². The number of likely N-dealkylation sites (tertiary alicyclic amines) is 1. The van der Waals surface area contributed by atoms with Crippen LogP contribution in [0.5, 0.6) is 0 Å². The van der Waals surface area contributed by atoms with Crippen LogP contribution < -0.4 is 0 Å². The lowest BCUT2D eigenvalue weighted by Crippen LogP contribution is -2.59. The van der Waals surface area contributed by atoms with Crippen LogP contribution in [0.1, 0.15) is 40.5 Å². The number of aliphatic hydroxyl groups is 1. The number of hydrogen-bond donors (Lipinski definition) is 1. The van der Waals surface area contributed by atoms with Crippen molar-refractivity contribution in [2.75, 3.05) is 65.6 Å². The van der Waals surface area contributed by atoms with Gasteiger partial charge in [-0.3, -0.25) is 19.3 Å². The zero-order chi connectivity index (χ0) is 28.7. The fraction of sp³-hybridized carbons (Fsp3) is 0.767. The van der Waals surface area contributed by atoms with Crippen LogP contribution in [0.15, 0.2) is 24.3 Å². The maximum Gasteiger partial charge on any atom is 0.249 e. The number of hydrogen-bond acceptors (Lipinski definition) is 7. The minimum Gasteiger partial charge on any atom is -0.394 e. The summed E-state index contributed by atoms with van der Waals surface area (Å²) in [6.45, 7) is 13.4. The van der Waals surface area contributed by atoms with Crippen molar-refractivity contribution in [3.05, 3.63) is 24.3 Å². The van der Waals surface area contributed by atoms with Crippen LogP contribution >= 0.6 is 0 Å². The van der Waals surface area contributed by atoms with E-state index in [1.165, 1.54) is 0 Å². The third kappa shape index (κ3) is 4.91. The molecule has 3 amide bonds. The van der Waals surface area contributed by atoms with Gasteiger partial charge in [-0.15, -0.1) is 0 Å². The second kappa shape index (κ2) is 11.5. The number of morpholine rings is 1. The molecule has 10 nitrogen and oxygen atoms in total. The van der Waals surface area contributed by atoms with E-state index in [2.05, 4.69) is 4.90 Å². The zero-order valence-corrected chi connectivity index (χ0v) is 24.5. The van der Waals surface area contributed by atoms with Gasteiger partial charge < -0.3 is 29.3 Å². The van der Waals surface area contributed by atoms with Gasteiger partial charge in [-0.2, -0.15) is 0 Å². The van der Waals surface area contributed by atoms with E-state index in [1.807, 2.05) is 52.0 Å². The molecule has 0 aromatic heterocycles. The fourth-order valence-corrected chi connectivity index (χ4v) is 7.53. The highest BCUT2D eigenvalue weighted by Crippen LogP contribution is 2.58. The molecule has 5 aliphatic rings. The van der Waals surface area contributed by atoms with Crippen molar-refractivity contribution in [2.45, 2.75) is 63.8 Å². The molecular weight excluding hydrogens is 512 g/mol. The first-order chi connectivity index (χ1) is 19.2. The van der Waals surface area contributed by atoms with E-state index in [9.17, 15) is 19.5 Å². The van der Waals surface area contributed by atoms with Crippen LogP contribution in [0.3, 0.4) is 0 Å². The number of carbonyl (C=O) groups is 3. The predicted octanol–water partition coefficient (Wildman–Crippen LogP) is 0.903. The highest BCUT2D eigenvalue weighted by molar-refractivity contribution is 6.00. The van der Waals surface area contributed by atoms with Crippen molar-refractivity contribution in [1.29, 1.82) is 0 Å². The number of aliphatic hydroxyl groups excluding tert-OH is 1. The molecule has 10 heteroatoms. The van der Waals surface area contributed by atoms with E-state index in [-0.39, 0.29) is 30.2 Å². The minimum atomic E-state index is -1.29. The van der Waals surface area contributed by atoms with Gasteiger partial charge in [-0.05, 0) is 25.7 Å². The molecular formula is C30H46N4O6. The second-order valence-corrected chi connectivity index (χ2v) is 12.5. The van der Waals surface area contributed by atoms with E-state index in [0.29, 0.717) is 52.4 Å². The van der Waals surface area contributed by atoms with Crippen molar-refractivity contribution in [2.24, 2.45) is 17.8 Å². The molecule has 5 heterocycles. The molecule has 0 radical (unpaired) electrons. The molecule has 222 valence electrons. The Hall–Kier alpha value is -2.27. The lowest BCUT2D eigenvalue weighted by atomic mass is 9.74. The number of nitrogens with zero attached hydrogens (tertiary/aromatic N) is 4. The normalized spacial score (nSPS) is 35.2. The Bertz CT molecular complexity index is 1040. The number of rotatable bonds is 9. The van der Waals surface area contributed by atoms with Crippen LogP contribution in [0, 0.1) is 17.8 Å². The summed E-state index contributed by atoms with van der Waals surface area (Å²) >= 11 is 0. The van der Waals surface area contributed by atoms with E-state index < -0.39 is 35.1 Å². The average molecular weight is 559 g/mol. The first-order valence-corrected chi connectivity index (χ1v) is 15.0. The summed E-state index contributed by atoms with van der Waals surface area (Å²) in [6, 6.07) is -1.50. The number of carbonyl (C=O) groups excluding carboxylic acids is 3. The second-order valence-electron chi connectivity index (χ2n) is 12.5. The van der Waals surface area contributed by atoms with E-state index in [0.717, 1.165) is 19.5 Å². The zero-order valence-electron chi connectivity index (χ0n) is 24.5. The molecule has 0 aromatic rings. The third-order valence-electron chi connectivity index (χ3n) is 9.29. The van der Waals surface area contributed by atoms with Gasteiger partial charge in [0.1, 0.15) is 11.6 Å². The number of fused-ring (bicyclic) bond motifs is 2. The number of ether oxygens (including phenoxy) is 2. The first-order valence-electron chi connectivity index (χ1n) is 15.0. The van der Waals surface area contributed by atoms with Gasteiger partial charge in [0, 0.05) is 45.8 Å². The molecule has 0 aliphatic carbocycles. The predicted molar refractivity (Wildman–Crippen MR) is 149 cm³/mol. The Morgan fingerprint density at radius 1 is 0.950 bits per heavy atom. The Balaban J connectivity index is 1.55. The van der Waals surface area contributed by atoms with Crippen LogP contribution in [-0.4, -0.2) is 131 Å². The molecule has 40 heavy (non-hydrogen) atoms. The van der Waals surface area contributed by atoms with Crippen molar-refractivity contribution >= 4 is 17.7 Å². The van der Waals surface area contributed by atoms with Crippen LogP contribution in [0.25, 0.3) is 0 Å². The third-order valence-corrected chi connectivity index (χ3v) is 9.29. The maximum absolute atomic E-state index is 14.5. The summed E-state index contributed by atoms with van der Waals surface area (Å²) in [5.41, 5.74) is -2.31. The summed E-state index contributed by atoms with van der Waals surface area (Å²) in [5, 5.41) is 10.5. The summed E-state index contributed by atoms with van der Waals surface area (Å²) in [6.07, 6.45) is 9.05. The Morgan fingerprint density at radius 3 is 2.27 bits per heavy atom. The first kappa shape index (κ1) is 29.2. The maximum atomic E-state index is 14.5. The van der Waals surface area contributed by atoms with Crippen LogP contribution in [0.4, 0.5) is 0 Å². The van der Waals surface area contributed by atoms with E-state index in [1.54, 1.807) is 14.7 Å². The Morgan fingerprint density at radius 2 is 1.62 bits per heavy atom. The van der Waals surface area contributed by atoms with Gasteiger partial charge in [-0.1, -0.05) is 45.1 Å². The van der Waals surface area contributed by atoms with E-state index >= 15 is 0 Å². The summed E-state index contributed by atoms with van der Waals surface area (Å²) in [4.78, 5) is 50.6. The van der Waals surface area contributed by atoms with Crippen LogP contribution in [0.2, 0.25) is 0 Å². The van der Waals surface area contributed by atoms with Crippen LogP contribution in [-0.2, 0) is 23.9 Å². The highest BCUT2D eigenvalue weighted by Gasteiger charge is 2.75. The Labute approximate surface area is 237 Å². The van der Waals surface area contributed by atoms with E-state index in [4.69, 9.17) is 9.47 Å². The average Bonchev–Trinajstić information content (AvgIpc) is 3.21. The molecule has 5 aliphatic heterocycles. The molecule has 5 rings (SSSR count). The molecule has 1 N–H and O–H groups in total. The smallest absolute Gasteiger partial charge is 0.249 e. The molecule has 0 saturated carbocycles.